The Morgan fingerprint density at radius 3 is 2.07 bits per heavy atom. The van der Waals surface area contributed by atoms with Crippen molar-refractivity contribution in [1.82, 2.24) is 0 Å². The zero-order valence-corrected chi connectivity index (χ0v) is 17.9. The Morgan fingerprint density at radius 1 is 0.967 bits per heavy atom. The highest BCUT2D eigenvalue weighted by atomic mass is 32.2. The highest BCUT2D eigenvalue weighted by molar-refractivity contribution is 7.93. The van der Waals surface area contributed by atoms with Crippen molar-refractivity contribution >= 4 is 27.6 Å². The van der Waals surface area contributed by atoms with E-state index in [9.17, 15) is 13.2 Å². The van der Waals surface area contributed by atoms with E-state index in [0.717, 1.165) is 5.41 Å². The minimum absolute atomic E-state index is 0.278. The van der Waals surface area contributed by atoms with Crippen LogP contribution in [0.3, 0.4) is 0 Å². The van der Waals surface area contributed by atoms with Crippen LogP contribution < -0.4 is 30.0 Å². The van der Waals surface area contributed by atoms with Crippen molar-refractivity contribution in [2.75, 3.05) is 33.8 Å². The third-order valence-electron chi connectivity index (χ3n) is 4.08. The molecule has 2 rings (SSSR count). The quantitative estimate of drug-likeness (QED) is 0.619. The molecule has 162 valence electrons. The fraction of sp³-hybridized carbons (Fsp3) is 0.250. The minimum atomic E-state index is -3.67. The number of rotatable bonds is 9. The Hall–Kier alpha value is -3.40. The number of ether oxygens (including phenoxy) is 4. The molecule has 10 heteroatoms. The van der Waals surface area contributed by atoms with Gasteiger partial charge in [0.05, 0.1) is 45.4 Å². The van der Waals surface area contributed by atoms with Crippen molar-refractivity contribution in [3.8, 4) is 23.0 Å². The number of primary amides is 1. The van der Waals surface area contributed by atoms with Gasteiger partial charge in [-0.2, -0.15) is 0 Å². The van der Waals surface area contributed by atoms with Crippen molar-refractivity contribution in [2.45, 2.75) is 5.75 Å². The Morgan fingerprint density at radius 2 is 1.57 bits per heavy atom. The first kappa shape index (κ1) is 22.9. The number of anilines is 1. The van der Waals surface area contributed by atoms with E-state index >= 15 is 0 Å². The van der Waals surface area contributed by atoms with Gasteiger partial charge in [-0.05, 0) is 23.8 Å². The molecule has 0 aliphatic rings. The number of urea groups is 1. The molecule has 0 saturated heterocycles. The highest BCUT2D eigenvalue weighted by Gasteiger charge is 2.15. The van der Waals surface area contributed by atoms with Crippen LogP contribution in [0, 0.1) is 0 Å². The number of sulfone groups is 1. The number of nitrogens with two attached hydrogens (primary N) is 1. The minimum Gasteiger partial charge on any atom is -0.496 e. The summed E-state index contributed by atoms with van der Waals surface area (Å²) in [6, 6.07) is 7.09. The van der Waals surface area contributed by atoms with E-state index in [-0.39, 0.29) is 11.4 Å². The van der Waals surface area contributed by atoms with Crippen molar-refractivity contribution in [1.29, 1.82) is 0 Å². The summed E-state index contributed by atoms with van der Waals surface area (Å²) >= 11 is 0. The number of amides is 2. The van der Waals surface area contributed by atoms with E-state index in [2.05, 4.69) is 5.32 Å². The maximum Gasteiger partial charge on any atom is 0.316 e. The first-order valence-corrected chi connectivity index (χ1v) is 10.4. The molecule has 30 heavy (non-hydrogen) atoms. The topological polar surface area (TPSA) is 126 Å². The van der Waals surface area contributed by atoms with Crippen LogP contribution in [0.1, 0.15) is 11.1 Å². The zero-order valence-electron chi connectivity index (χ0n) is 17.1. The molecule has 0 radical (unpaired) electrons. The second-order valence-electron chi connectivity index (χ2n) is 6.08. The molecule has 9 nitrogen and oxygen atoms in total. The van der Waals surface area contributed by atoms with Crippen molar-refractivity contribution in [3.05, 3.63) is 46.9 Å². The Balaban J connectivity index is 2.34. The zero-order chi connectivity index (χ0) is 22.3. The van der Waals surface area contributed by atoms with Gasteiger partial charge in [0.25, 0.3) is 0 Å². The van der Waals surface area contributed by atoms with Gasteiger partial charge in [0.15, 0.2) is 9.84 Å². The molecule has 0 atom stereocenters. The van der Waals surface area contributed by atoms with Crippen LogP contribution in [0.4, 0.5) is 10.5 Å². The van der Waals surface area contributed by atoms with Crippen LogP contribution in [-0.4, -0.2) is 42.9 Å². The lowest BCUT2D eigenvalue weighted by atomic mass is 10.1. The highest BCUT2D eigenvalue weighted by Crippen LogP contribution is 2.35. The maximum absolute atomic E-state index is 12.6. The summed E-state index contributed by atoms with van der Waals surface area (Å²) in [5.74, 6) is 1.36. The molecule has 0 bridgehead atoms. The smallest absolute Gasteiger partial charge is 0.316 e. The summed E-state index contributed by atoms with van der Waals surface area (Å²) in [7, 11) is 2.19. The summed E-state index contributed by atoms with van der Waals surface area (Å²) in [4.78, 5) is 11.2. The molecule has 0 fully saturated rings. The van der Waals surface area contributed by atoms with Crippen molar-refractivity contribution in [3.63, 3.8) is 0 Å². The Bertz CT molecular complexity index is 1020. The molecule has 0 spiro atoms. The van der Waals surface area contributed by atoms with Crippen LogP contribution in [-0.2, 0) is 15.6 Å². The largest absolute Gasteiger partial charge is 0.496 e. The third kappa shape index (κ3) is 5.80. The maximum atomic E-state index is 12.6. The van der Waals surface area contributed by atoms with Gasteiger partial charge in [0.2, 0.25) is 0 Å². The molecule has 0 aliphatic heterocycles. The van der Waals surface area contributed by atoms with Crippen molar-refractivity contribution in [2.24, 2.45) is 5.73 Å². The first-order valence-electron chi connectivity index (χ1n) is 8.67. The summed E-state index contributed by atoms with van der Waals surface area (Å²) in [6.07, 6.45) is 1.40. The Labute approximate surface area is 175 Å². The van der Waals surface area contributed by atoms with Gasteiger partial charge in [-0.1, -0.05) is 6.07 Å². The van der Waals surface area contributed by atoms with Gasteiger partial charge in [0, 0.05) is 17.5 Å². The van der Waals surface area contributed by atoms with E-state index in [4.69, 9.17) is 24.7 Å². The number of nitrogens with one attached hydrogen (secondary N) is 1. The molecule has 0 unspecified atom stereocenters. The molecule has 3 N–H and O–H groups in total. The standard InChI is InChI=1S/C20H24N2O7S/c1-26-14-10-18(28-3)15(19(11-14)29-4)7-8-30(24,25)12-13-5-6-17(27-2)16(9-13)22-20(21)23/h5-11H,12H2,1-4H3,(H3,21,22,23). The molecule has 0 aromatic heterocycles. The van der Waals surface area contributed by atoms with Gasteiger partial charge in [0.1, 0.15) is 23.0 Å². The number of methoxy groups -OCH3 is 4. The second kappa shape index (κ2) is 9.88. The lowest BCUT2D eigenvalue weighted by Gasteiger charge is -2.12. The lowest BCUT2D eigenvalue weighted by Crippen LogP contribution is -2.19. The third-order valence-corrected chi connectivity index (χ3v) is 5.37. The van der Waals surface area contributed by atoms with Gasteiger partial charge < -0.3 is 30.0 Å². The molecule has 0 heterocycles. The summed E-state index contributed by atoms with van der Waals surface area (Å²) in [5, 5.41) is 3.48. The van der Waals surface area contributed by atoms with E-state index in [1.807, 2.05) is 0 Å². The van der Waals surface area contributed by atoms with Crippen molar-refractivity contribution < 1.29 is 32.2 Å². The number of carbonyl (C=O) groups is 1. The van der Waals surface area contributed by atoms with Crippen LogP contribution in [0.2, 0.25) is 0 Å². The molecule has 2 amide bonds. The normalized spacial score (nSPS) is 11.2. The lowest BCUT2D eigenvalue weighted by molar-refractivity contribution is 0.259. The van der Waals surface area contributed by atoms with Gasteiger partial charge in [-0.15, -0.1) is 0 Å². The second-order valence-corrected chi connectivity index (χ2v) is 7.97. The van der Waals surface area contributed by atoms with E-state index in [0.29, 0.717) is 34.1 Å². The predicted octanol–water partition coefficient (Wildman–Crippen LogP) is 2.80. The summed E-state index contributed by atoms with van der Waals surface area (Å²) in [5.41, 5.74) is 6.32. The fourth-order valence-electron chi connectivity index (χ4n) is 2.72. The van der Waals surface area contributed by atoms with Crippen LogP contribution in [0.5, 0.6) is 23.0 Å². The number of carbonyl (C=O) groups excluding carboxylic acids is 1. The molecule has 0 saturated carbocycles. The van der Waals surface area contributed by atoms with E-state index < -0.39 is 15.9 Å². The van der Waals surface area contributed by atoms with Gasteiger partial charge in [-0.3, -0.25) is 0 Å². The molecular weight excluding hydrogens is 412 g/mol. The van der Waals surface area contributed by atoms with Crippen LogP contribution in [0.25, 0.3) is 6.08 Å². The molecule has 0 aliphatic carbocycles. The Kier molecular flexibility index (Phi) is 7.54. The molecular formula is C20H24N2O7S. The monoisotopic (exact) mass is 436 g/mol. The van der Waals surface area contributed by atoms with E-state index in [1.165, 1.54) is 40.6 Å². The summed E-state index contributed by atoms with van der Waals surface area (Å²) < 4.78 is 46.3. The van der Waals surface area contributed by atoms with Gasteiger partial charge in [-0.25, -0.2) is 13.2 Å². The number of hydrogen-bond donors (Lipinski definition) is 2. The average molecular weight is 436 g/mol. The fourth-order valence-corrected chi connectivity index (χ4v) is 3.81. The molecule has 2 aromatic rings. The SMILES string of the molecule is COc1cc(OC)c(C=CS(=O)(=O)Cc2ccc(OC)c(NC(N)=O)c2)c(OC)c1. The number of benzene rings is 2. The average Bonchev–Trinajstić information content (AvgIpc) is 2.71. The number of hydrogen-bond acceptors (Lipinski definition) is 7. The van der Waals surface area contributed by atoms with Gasteiger partial charge >= 0.3 is 6.03 Å². The van der Waals surface area contributed by atoms with Crippen LogP contribution in [0.15, 0.2) is 35.7 Å². The van der Waals surface area contributed by atoms with E-state index in [1.54, 1.807) is 24.3 Å². The first-order chi connectivity index (χ1) is 14.2. The predicted molar refractivity (Wildman–Crippen MR) is 114 cm³/mol. The molecule has 2 aromatic carbocycles. The van der Waals surface area contributed by atoms with Crippen LogP contribution >= 0.6 is 0 Å². The summed E-state index contributed by atoms with van der Waals surface area (Å²) in [6.45, 7) is 0.